The van der Waals surface area contributed by atoms with Gasteiger partial charge >= 0.3 is 5.97 Å². The second-order valence-electron chi connectivity index (χ2n) is 2.64. The molecule has 58 valence electrons. The summed E-state index contributed by atoms with van der Waals surface area (Å²) in [5.74, 6) is -0.156. The summed E-state index contributed by atoms with van der Waals surface area (Å²) in [5, 5.41) is 0. The van der Waals surface area contributed by atoms with E-state index in [1.165, 1.54) is 0 Å². The van der Waals surface area contributed by atoms with Crippen molar-refractivity contribution in [1.82, 2.24) is 0 Å². The van der Waals surface area contributed by atoms with Gasteiger partial charge in [0, 0.05) is 0 Å². The first-order valence-corrected chi connectivity index (χ1v) is 3.49. The summed E-state index contributed by atoms with van der Waals surface area (Å²) in [6, 6.07) is 0. The molecule has 10 heavy (non-hydrogen) atoms. The summed E-state index contributed by atoms with van der Waals surface area (Å²) in [5.41, 5.74) is 0. The predicted molar refractivity (Wildman–Crippen MR) is 35.6 cm³/mol. The Kier molecular flexibility index (Phi) is 2.27. The van der Waals surface area contributed by atoms with Crippen LogP contribution in [-0.2, 0) is 14.3 Å². The van der Waals surface area contributed by atoms with E-state index in [0.29, 0.717) is 13.0 Å². The Balaban J connectivity index is 2.46. The summed E-state index contributed by atoms with van der Waals surface area (Å²) in [4.78, 5) is 10.7. The second-order valence-corrected chi connectivity index (χ2v) is 2.64. The molecule has 1 heterocycles. The molecule has 0 N–H and O–H groups in total. The van der Waals surface area contributed by atoms with Crippen LogP contribution in [-0.4, -0.2) is 24.8 Å². The van der Waals surface area contributed by atoms with E-state index in [2.05, 4.69) is 0 Å². The Hall–Kier alpha value is -0.570. The highest BCUT2D eigenvalue weighted by Gasteiger charge is 2.19. The maximum atomic E-state index is 10.7. The van der Waals surface area contributed by atoms with E-state index in [1.807, 2.05) is 13.8 Å². The lowest BCUT2D eigenvalue weighted by Crippen LogP contribution is -2.16. The summed E-state index contributed by atoms with van der Waals surface area (Å²) >= 11 is 0. The van der Waals surface area contributed by atoms with Gasteiger partial charge in [0.05, 0.1) is 18.6 Å². The molecule has 0 aromatic carbocycles. The van der Waals surface area contributed by atoms with E-state index in [9.17, 15) is 4.79 Å². The fraction of sp³-hybridized carbons (Fsp3) is 0.857. The van der Waals surface area contributed by atoms with Gasteiger partial charge in [0.25, 0.3) is 0 Å². The standard InChI is InChI=1S/C7H12O3/c1-5-3-7(8)9-4-6(2)10-5/h5-6H,3-4H2,1-2H3. The normalized spacial score (nSPS) is 34.8. The molecule has 3 heteroatoms. The molecule has 2 atom stereocenters. The van der Waals surface area contributed by atoms with E-state index in [-0.39, 0.29) is 18.2 Å². The Labute approximate surface area is 60.3 Å². The zero-order valence-electron chi connectivity index (χ0n) is 6.29. The minimum Gasteiger partial charge on any atom is -0.463 e. The number of cyclic esters (lactones) is 1. The van der Waals surface area contributed by atoms with Gasteiger partial charge in [0.15, 0.2) is 0 Å². The molecule has 2 unspecified atom stereocenters. The number of rotatable bonds is 0. The van der Waals surface area contributed by atoms with E-state index < -0.39 is 0 Å². The first kappa shape index (κ1) is 7.54. The largest absolute Gasteiger partial charge is 0.463 e. The van der Waals surface area contributed by atoms with Gasteiger partial charge in [-0.25, -0.2) is 0 Å². The maximum absolute atomic E-state index is 10.7. The summed E-state index contributed by atoms with van der Waals surface area (Å²) < 4.78 is 10.2. The smallest absolute Gasteiger partial charge is 0.308 e. The van der Waals surface area contributed by atoms with Gasteiger partial charge in [0.1, 0.15) is 6.61 Å². The van der Waals surface area contributed by atoms with Crippen LogP contribution in [0.2, 0.25) is 0 Å². The van der Waals surface area contributed by atoms with Crippen molar-refractivity contribution in [2.75, 3.05) is 6.61 Å². The minimum atomic E-state index is -0.156. The van der Waals surface area contributed by atoms with Crippen molar-refractivity contribution in [3.63, 3.8) is 0 Å². The van der Waals surface area contributed by atoms with Crippen molar-refractivity contribution < 1.29 is 14.3 Å². The minimum absolute atomic E-state index is 0.00463. The van der Waals surface area contributed by atoms with Crippen molar-refractivity contribution in [2.45, 2.75) is 32.5 Å². The van der Waals surface area contributed by atoms with Gasteiger partial charge in [-0.15, -0.1) is 0 Å². The van der Waals surface area contributed by atoms with Crippen molar-refractivity contribution in [2.24, 2.45) is 0 Å². The summed E-state index contributed by atoms with van der Waals surface area (Å²) in [7, 11) is 0. The number of carbonyl (C=O) groups excluding carboxylic acids is 1. The molecule has 0 aromatic heterocycles. The van der Waals surface area contributed by atoms with E-state index >= 15 is 0 Å². The SMILES string of the molecule is CC1COC(=O)CC(C)O1. The zero-order valence-corrected chi connectivity index (χ0v) is 6.29. The van der Waals surface area contributed by atoms with Gasteiger partial charge in [-0.1, -0.05) is 0 Å². The molecule has 0 aliphatic carbocycles. The van der Waals surface area contributed by atoms with Crippen LogP contribution in [0.4, 0.5) is 0 Å². The van der Waals surface area contributed by atoms with Crippen molar-refractivity contribution in [3.05, 3.63) is 0 Å². The van der Waals surface area contributed by atoms with Gasteiger partial charge in [-0.05, 0) is 13.8 Å². The highest BCUT2D eigenvalue weighted by Crippen LogP contribution is 2.08. The first-order chi connectivity index (χ1) is 4.68. The Morgan fingerprint density at radius 3 is 2.80 bits per heavy atom. The number of hydrogen-bond donors (Lipinski definition) is 0. The van der Waals surface area contributed by atoms with Crippen LogP contribution >= 0.6 is 0 Å². The van der Waals surface area contributed by atoms with Crippen molar-refractivity contribution in [1.29, 1.82) is 0 Å². The van der Waals surface area contributed by atoms with Crippen LogP contribution in [0.5, 0.6) is 0 Å². The van der Waals surface area contributed by atoms with E-state index in [1.54, 1.807) is 0 Å². The van der Waals surface area contributed by atoms with Crippen LogP contribution in [0.1, 0.15) is 20.3 Å². The topological polar surface area (TPSA) is 35.5 Å². The molecule has 0 bridgehead atoms. The van der Waals surface area contributed by atoms with Crippen LogP contribution in [0, 0.1) is 0 Å². The molecule has 1 rings (SSSR count). The van der Waals surface area contributed by atoms with Crippen LogP contribution in [0.15, 0.2) is 0 Å². The Bertz CT molecular complexity index is 133. The zero-order chi connectivity index (χ0) is 7.56. The molecule has 1 fully saturated rings. The summed E-state index contributed by atoms with van der Waals surface area (Å²) in [6.07, 6.45) is 0.427. The quantitative estimate of drug-likeness (QED) is 0.470. The van der Waals surface area contributed by atoms with Crippen molar-refractivity contribution in [3.8, 4) is 0 Å². The fourth-order valence-corrected chi connectivity index (χ4v) is 0.988. The monoisotopic (exact) mass is 144 g/mol. The molecule has 1 aliphatic rings. The van der Waals surface area contributed by atoms with E-state index in [4.69, 9.17) is 9.47 Å². The molecule has 0 radical (unpaired) electrons. The number of hydrogen-bond acceptors (Lipinski definition) is 3. The Morgan fingerprint density at radius 2 is 2.10 bits per heavy atom. The predicted octanol–water partition coefficient (Wildman–Crippen LogP) is 0.727. The number of carbonyl (C=O) groups is 1. The average Bonchev–Trinajstić information content (AvgIpc) is 1.93. The average molecular weight is 144 g/mol. The van der Waals surface area contributed by atoms with Crippen LogP contribution < -0.4 is 0 Å². The van der Waals surface area contributed by atoms with E-state index in [0.717, 1.165) is 0 Å². The fourth-order valence-electron chi connectivity index (χ4n) is 0.988. The first-order valence-electron chi connectivity index (χ1n) is 3.49. The number of esters is 1. The molecular formula is C7H12O3. The maximum Gasteiger partial charge on any atom is 0.308 e. The molecule has 1 aliphatic heterocycles. The lowest BCUT2D eigenvalue weighted by molar-refractivity contribution is -0.143. The lowest BCUT2D eigenvalue weighted by Gasteiger charge is -2.10. The third-order valence-corrected chi connectivity index (χ3v) is 1.40. The van der Waals surface area contributed by atoms with Gasteiger partial charge in [-0.2, -0.15) is 0 Å². The van der Waals surface area contributed by atoms with Gasteiger partial charge < -0.3 is 9.47 Å². The highest BCUT2D eigenvalue weighted by molar-refractivity contribution is 5.70. The molecule has 0 amide bonds. The van der Waals surface area contributed by atoms with Crippen LogP contribution in [0.3, 0.4) is 0 Å². The highest BCUT2D eigenvalue weighted by atomic mass is 16.6. The Morgan fingerprint density at radius 1 is 1.40 bits per heavy atom. The van der Waals surface area contributed by atoms with Gasteiger partial charge in [0.2, 0.25) is 0 Å². The summed E-state index contributed by atoms with van der Waals surface area (Å²) in [6.45, 7) is 4.17. The third-order valence-electron chi connectivity index (χ3n) is 1.40. The lowest BCUT2D eigenvalue weighted by atomic mass is 10.3. The molecule has 0 spiro atoms. The van der Waals surface area contributed by atoms with Crippen LogP contribution in [0.25, 0.3) is 0 Å². The molecule has 0 aromatic rings. The molecule has 0 saturated carbocycles. The molecule has 3 nitrogen and oxygen atoms in total. The molecule has 1 saturated heterocycles. The third kappa shape index (κ3) is 1.99. The van der Waals surface area contributed by atoms with Crippen molar-refractivity contribution >= 4 is 5.97 Å². The van der Waals surface area contributed by atoms with Gasteiger partial charge in [-0.3, -0.25) is 4.79 Å². The number of ether oxygens (including phenoxy) is 2. The molecular weight excluding hydrogens is 132 g/mol. The second kappa shape index (κ2) is 3.01.